The Hall–Kier alpha value is -2.51. The molecule has 3 N–H and O–H groups in total. The van der Waals surface area contributed by atoms with E-state index in [9.17, 15) is 9.59 Å². The van der Waals surface area contributed by atoms with Crippen LogP contribution >= 0.6 is 57.4 Å². The minimum Gasteiger partial charge on any atom is -0.451 e. The van der Waals surface area contributed by atoms with Crippen molar-refractivity contribution in [2.24, 2.45) is 0 Å². The molecule has 0 spiro atoms. The molecule has 0 radical (unpaired) electrons. The minimum absolute atomic E-state index is 0.188. The maximum Gasteiger partial charge on any atom is 0.291 e. The molecule has 0 bridgehead atoms. The van der Waals surface area contributed by atoms with Crippen molar-refractivity contribution in [2.45, 2.75) is 6.92 Å². The van der Waals surface area contributed by atoms with E-state index in [0.717, 1.165) is 18.1 Å². The van der Waals surface area contributed by atoms with Crippen LogP contribution < -0.4 is 16.0 Å². The van der Waals surface area contributed by atoms with Crippen LogP contribution in [0.15, 0.2) is 71.1 Å². The van der Waals surface area contributed by atoms with Crippen LogP contribution in [0, 0.1) is 14.1 Å². The molecule has 2 amide bonds. The molecule has 6 nitrogen and oxygen atoms in total. The van der Waals surface area contributed by atoms with Gasteiger partial charge in [-0.1, -0.05) is 18.2 Å². The molecule has 0 unspecified atom stereocenters. The number of fused-ring (bicyclic) bond motifs is 1. The molecule has 9 heteroatoms. The van der Waals surface area contributed by atoms with Gasteiger partial charge in [-0.05, 0) is 118 Å². The van der Waals surface area contributed by atoms with Crippen LogP contribution in [0.4, 0.5) is 11.4 Å². The summed E-state index contributed by atoms with van der Waals surface area (Å²) in [6.07, 6.45) is 0. The van der Waals surface area contributed by atoms with Crippen LogP contribution in [-0.4, -0.2) is 16.9 Å². The summed E-state index contributed by atoms with van der Waals surface area (Å²) >= 11 is 9.58. The number of amides is 2. The number of anilines is 2. The Bertz CT molecular complexity index is 1370. The van der Waals surface area contributed by atoms with Crippen molar-refractivity contribution in [1.82, 2.24) is 5.32 Å². The van der Waals surface area contributed by atoms with E-state index in [1.54, 1.807) is 18.2 Å². The molecule has 3 aromatic carbocycles. The Morgan fingerprint density at radius 1 is 0.909 bits per heavy atom. The minimum atomic E-state index is -0.329. The van der Waals surface area contributed by atoms with Gasteiger partial charge in [0.2, 0.25) is 0 Å². The number of benzene rings is 3. The molecular weight excluding hydrogens is 664 g/mol. The zero-order valence-electron chi connectivity index (χ0n) is 17.2. The second-order valence-electron chi connectivity index (χ2n) is 7.16. The average molecular weight is 681 g/mol. The summed E-state index contributed by atoms with van der Waals surface area (Å²) in [7, 11) is 0. The molecule has 0 atom stereocenters. The fourth-order valence-electron chi connectivity index (χ4n) is 3.16. The van der Waals surface area contributed by atoms with Crippen LogP contribution in [0.3, 0.4) is 0 Å². The number of thiocarbonyl (C=S) groups is 1. The maximum absolute atomic E-state index is 12.6. The Labute approximate surface area is 222 Å². The first-order valence-corrected chi connectivity index (χ1v) is 12.3. The van der Waals surface area contributed by atoms with Crippen LogP contribution in [0.2, 0.25) is 0 Å². The molecule has 1 heterocycles. The predicted octanol–water partition coefficient (Wildman–Crippen LogP) is 6.33. The molecule has 0 saturated carbocycles. The van der Waals surface area contributed by atoms with Gasteiger partial charge in [-0.15, -0.1) is 0 Å². The largest absolute Gasteiger partial charge is 0.451 e. The first kappa shape index (κ1) is 23.6. The lowest BCUT2D eigenvalue weighted by Crippen LogP contribution is -2.34. The summed E-state index contributed by atoms with van der Waals surface area (Å²) in [5, 5.41) is 9.64. The topological polar surface area (TPSA) is 83.4 Å². The van der Waals surface area contributed by atoms with Gasteiger partial charge in [0.1, 0.15) is 5.58 Å². The Morgan fingerprint density at radius 2 is 1.70 bits per heavy atom. The number of aryl methyl sites for hydroxylation is 1. The van der Waals surface area contributed by atoms with Crippen molar-refractivity contribution in [1.29, 1.82) is 0 Å². The standard InChI is InChI=1S/C24H17I2N3O3S/c1-13-10-16(27-24(33)29-22(30)17-12-15(25)6-8-18(17)26)7-9-19(13)28-23(31)21-11-14-4-2-3-5-20(14)32-21/h2-12H,1H3,(H,28,31)(H2,27,29,30,33). The number of rotatable bonds is 4. The van der Waals surface area contributed by atoms with Gasteiger partial charge in [0.15, 0.2) is 10.9 Å². The predicted molar refractivity (Wildman–Crippen MR) is 151 cm³/mol. The van der Waals surface area contributed by atoms with Gasteiger partial charge in [0.05, 0.1) is 5.56 Å². The van der Waals surface area contributed by atoms with E-state index in [4.69, 9.17) is 16.6 Å². The monoisotopic (exact) mass is 681 g/mol. The zero-order valence-corrected chi connectivity index (χ0v) is 22.4. The number of hydrogen-bond donors (Lipinski definition) is 3. The fourth-order valence-corrected chi connectivity index (χ4v) is 4.45. The Balaban J connectivity index is 1.40. The summed E-state index contributed by atoms with van der Waals surface area (Å²) in [6, 6.07) is 20.2. The normalized spacial score (nSPS) is 10.6. The lowest BCUT2D eigenvalue weighted by Gasteiger charge is -2.13. The zero-order chi connectivity index (χ0) is 23.5. The second-order valence-corrected chi connectivity index (χ2v) is 9.98. The van der Waals surface area contributed by atoms with Crippen molar-refractivity contribution in [3.05, 3.63) is 90.8 Å². The SMILES string of the molecule is Cc1cc(NC(=S)NC(=O)c2cc(I)ccc2I)ccc1NC(=O)c1cc2ccccc2o1. The van der Waals surface area contributed by atoms with Gasteiger partial charge in [0.25, 0.3) is 11.8 Å². The quantitative estimate of drug-likeness (QED) is 0.173. The number of halogens is 2. The molecule has 0 aliphatic rings. The molecule has 0 fully saturated rings. The highest BCUT2D eigenvalue weighted by molar-refractivity contribution is 14.1. The van der Waals surface area contributed by atoms with E-state index in [-0.39, 0.29) is 22.7 Å². The molecule has 4 aromatic rings. The lowest BCUT2D eigenvalue weighted by atomic mass is 10.1. The number of carbonyl (C=O) groups is 2. The molecule has 33 heavy (non-hydrogen) atoms. The summed E-state index contributed by atoms with van der Waals surface area (Å²) in [5.41, 5.74) is 3.39. The number of para-hydroxylation sites is 1. The summed E-state index contributed by atoms with van der Waals surface area (Å²) < 4.78 is 7.43. The fraction of sp³-hybridized carbons (Fsp3) is 0.0417. The van der Waals surface area contributed by atoms with Crippen molar-refractivity contribution in [3.8, 4) is 0 Å². The summed E-state index contributed by atoms with van der Waals surface area (Å²) in [4.78, 5) is 25.2. The third kappa shape index (κ3) is 5.71. The Kier molecular flexibility index (Phi) is 7.29. The molecule has 0 aliphatic carbocycles. The van der Waals surface area contributed by atoms with Crippen LogP contribution in [0.25, 0.3) is 11.0 Å². The van der Waals surface area contributed by atoms with E-state index >= 15 is 0 Å². The maximum atomic E-state index is 12.6. The average Bonchev–Trinajstić information content (AvgIpc) is 3.21. The van der Waals surface area contributed by atoms with Crippen molar-refractivity contribution >= 4 is 96.7 Å². The van der Waals surface area contributed by atoms with E-state index < -0.39 is 0 Å². The van der Waals surface area contributed by atoms with Crippen molar-refractivity contribution < 1.29 is 14.0 Å². The first-order chi connectivity index (χ1) is 15.8. The third-order valence-corrected chi connectivity index (χ3v) is 6.60. The van der Waals surface area contributed by atoms with Gasteiger partial charge >= 0.3 is 0 Å². The van der Waals surface area contributed by atoms with Crippen molar-refractivity contribution in [3.63, 3.8) is 0 Å². The lowest BCUT2D eigenvalue weighted by molar-refractivity contribution is 0.0974. The van der Waals surface area contributed by atoms with Crippen molar-refractivity contribution in [2.75, 3.05) is 10.6 Å². The number of nitrogens with one attached hydrogen (secondary N) is 3. The van der Waals surface area contributed by atoms with Crippen LogP contribution in [-0.2, 0) is 0 Å². The molecule has 166 valence electrons. The molecule has 4 rings (SSSR count). The summed E-state index contributed by atoms with van der Waals surface area (Å²) in [5.74, 6) is -0.362. The highest BCUT2D eigenvalue weighted by atomic mass is 127. The van der Waals surface area contributed by atoms with E-state index in [1.807, 2.05) is 55.5 Å². The number of hydrogen-bond acceptors (Lipinski definition) is 4. The van der Waals surface area contributed by atoms with Gasteiger partial charge in [-0.2, -0.15) is 0 Å². The van der Waals surface area contributed by atoms with E-state index in [1.165, 1.54) is 0 Å². The molecule has 1 aromatic heterocycles. The molecule has 0 aliphatic heterocycles. The summed E-state index contributed by atoms with van der Waals surface area (Å²) in [6.45, 7) is 1.87. The third-order valence-electron chi connectivity index (χ3n) is 4.78. The number of carbonyl (C=O) groups excluding carboxylic acids is 2. The first-order valence-electron chi connectivity index (χ1n) is 9.78. The molecular formula is C24H17I2N3O3S. The Morgan fingerprint density at radius 3 is 2.45 bits per heavy atom. The van der Waals surface area contributed by atoms with Gasteiger partial charge < -0.3 is 15.1 Å². The number of furan rings is 1. The van der Waals surface area contributed by atoms with E-state index in [0.29, 0.717) is 22.5 Å². The van der Waals surface area contributed by atoms with Crippen LogP contribution in [0.1, 0.15) is 26.5 Å². The van der Waals surface area contributed by atoms with Crippen LogP contribution in [0.5, 0.6) is 0 Å². The van der Waals surface area contributed by atoms with Gasteiger partial charge in [-0.25, -0.2) is 0 Å². The van der Waals surface area contributed by atoms with Gasteiger partial charge in [-0.3, -0.25) is 14.9 Å². The highest BCUT2D eigenvalue weighted by Crippen LogP contribution is 2.23. The van der Waals surface area contributed by atoms with E-state index in [2.05, 4.69) is 61.1 Å². The smallest absolute Gasteiger partial charge is 0.291 e. The highest BCUT2D eigenvalue weighted by Gasteiger charge is 2.15. The van der Waals surface area contributed by atoms with Gasteiger partial charge in [0, 0.05) is 23.9 Å². The molecule has 0 saturated heterocycles. The second kappa shape index (κ2) is 10.2.